The molecule has 114 valence electrons. The highest BCUT2D eigenvalue weighted by atomic mass is 16.5. The van der Waals surface area contributed by atoms with E-state index in [1.807, 2.05) is 19.1 Å². The van der Waals surface area contributed by atoms with Crippen LogP contribution in [0.2, 0.25) is 0 Å². The maximum atomic E-state index is 9.52. The molecule has 0 radical (unpaired) electrons. The molecule has 0 heterocycles. The maximum Gasteiger partial charge on any atom is 0.130 e. The SMILES string of the molecule is CCC(O)CCNCc1c(OC)cc(OC)cc1OC. The van der Waals surface area contributed by atoms with Crippen molar-refractivity contribution in [2.45, 2.75) is 32.4 Å². The Hall–Kier alpha value is -1.46. The van der Waals surface area contributed by atoms with Gasteiger partial charge in [-0.05, 0) is 19.4 Å². The minimum atomic E-state index is -0.248. The Kier molecular flexibility index (Phi) is 7.18. The van der Waals surface area contributed by atoms with Crippen molar-refractivity contribution in [2.24, 2.45) is 0 Å². The zero-order valence-electron chi connectivity index (χ0n) is 12.7. The van der Waals surface area contributed by atoms with E-state index in [1.165, 1.54) is 0 Å². The van der Waals surface area contributed by atoms with Gasteiger partial charge in [0.05, 0.1) is 33.0 Å². The molecule has 20 heavy (non-hydrogen) atoms. The lowest BCUT2D eigenvalue weighted by Crippen LogP contribution is -2.20. The molecule has 5 heteroatoms. The number of ether oxygens (including phenoxy) is 3. The van der Waals surface area contributed by atoms with E-state index in [9.17, 15) is 5.11 Å². The van der Waals surface area contributed by atoms with E-state index >= 15 is 0 Å². The molecule has 1 rings (SSSR count). The van der Waals surface area contributed by atoms with Crippen LogP contribution in [0, 0.1) is 0 Å². The van der Waals surface area contributed by atoms with E-state index in [-0.39, 0.29) is 6.10 Å². The topological polar surface area (TPSA) is 60.0 Å². The average molecular weight is 283 g/mol. The Labute approximate surface area is 120 Å². The van der Waals surface area contributed by atoms with Gasteiger partial charge in [-0.3, -0.25) is 0 Å². The van der Waals surface area contributed by atoms with Crippen molar-refractivity contribution >= 4 is 0 Å². The molecule has 0 saturated heterocycles. The number of rotatable bonds is 9. The third-order valence-corrected chi connectivity index (χ3v) is 3.24. The summed E-state index contributed by atoms with van der Waals surface area (Å²) in [5, 5.41) is 12.8. The second-order valence-electron chi connectivity index (χ2n) is 4.54. The van der Waals surface area contributed by atoms with Crippen LogP contribution in [0.4, 0.5) is 0 Å². The zero-order chi connectivity index (χ0) is 15.0. The van der Waals surface area contributed by atoms with Crippen molar-refractivity contribution in [3.8, 4) is 17.2 Å². The molecule has 0 aliphatic rings. The number of aliphatic hydroxyl groups is 1. The molecule has 1 unspecified atom stereocenters. The Morgan fingerprint density at radius 1 is 1.10 bits per heavy atom. The number of aliphatic hydroxyl groups excluding tert-OH is 1. The van der Waals surface area contributed by atoms with Crippen molar-refractivity contribution in [3.05, 3.63) is 17.7 Å². The smallest absolute Gasteiger partial charge is 0.130 e. The first kappa shape index (κ1) is 16.6. The first-order chi connectivity index (χ1) is 9.65. The van der Waals surface area contributed by atoms with Gasteiger partial charge in [0.1, 0.15) is 17.2 Å². The molecule has 0 amide bonds. The Bertz CT molecular complexity index is 384. The van der Waals surface area contributed by atoms with E-state index in [1.54, 1.807) is 21.3 Å². The highest BCUT2D eigenvalue weighted by molar-refractivity contribution is 5.50. The standard InChI is InChI=1S/C15H25NO4/c1-5-11(17)6-7-16-10-13-14(19-3)8-12(18-2)9-15(13)20-4/h8-9,11,16-17H,5-7,10H2,1-4H3. The zero-order valence-corrected chi connectivity index (χ0v) is 12.7. The number of methoxy groups -OCH3 is 3. The van der Waals surface area contributed by atoms with Crippen LogP contribution in [0.3, 0.4) is 0 Å². The highest BCUT2D eigenvalue weighted by Gasteiger charge is 2.12. The summed E-state index contributed by atoms with van der Waals surface area (Å²) in [6, 6.07) is 3.67. The van der Waals surface area contributed by atoms with Gasteiger partial charge in [-0.25, -0.2) is 0 Å². The van der Waals surface area contributed by atoms with E-state index in [2.05, 4.69) is 5.32 Å². The molecule has 0 aliphatic heterocycles. The predicted octanol–water partition coefficient (Wildman–Crippen LogP) is 1.96. The molecule has 0 fully saturated rings. The summed E-state index contributed by atoms with van der Waals surface area (Å²) >= 11 is 0. The molecule has 0 bridgehead atoms. The summed E-state index contributed by atoms with van der Waals surface area (Å²) in [5.74, 6) is 2.15. The van der Waals surface area contributed by atoms with Crippen LogP contribution in [0.5, 0.6) is 17.2 Å². The van der Waals surface area contributed by atoms with E-state index < -0.39 is 0 Å². The summed E-state index contributed by atoms with van der Waals surface area (Å²) in [6.07, 6.45) is 1.26. The molecule has 0 saturated carbocycles. The molecule has 0 aliphatic carbocycles. The Morgan fingerprint density at radius 3 is 2.15 bits per heavy atom. The van der Waals surface area contributed by atoms with Crippen LogP contribution in [-0.2, 0) is 6.54 Å². The van der Waals surface area contributed by atoms with Crippen molar-refractivity contribution in [3.63, 3.8) is 0 Å². The van der Waals surface area contributed by atoms with Crippen molar-refractivity contribution in [1.29, 1.82) is 0 Å². The molecule has 1 aromatic rings. The van der Waals surface area contributed by atoms with Crippen molar-refractivity contribution < 1.29 is 19.3 Å². The van der Waals surface area contributed by atoms with Gasteiger partial charge in [-0.15, -0.1) is 0 Å². The van der Waals surface area contributed by atoms with Crippen LogP contribution < -0.4 is 19.5 Å². The normalized spacial score (nSPS) is 12.1. The molecule has 1 aromatic carbocycles. The minimum Gasteiger partial charge on any atom is -0.496 e. The summed E-state index contributed by atoms with van der Waals surface area (Å²) in [5.41, 5.74) is 0.946. The highest BCUT2D eigenvalue weighted by Crippen LogP contribution is 2.33. The molecule has 0 aromatic heterocycles. The van der Waals surface area contributed by atoms with Gasteiger partial charge in [-0.2, -0.15) is 0 Å². The lowest BCUT2D eigenvalue weighted by molar-refractivity contribution is 0.159. The molecule has 0 spiro atoms. The molecule has 1 atom stereocenters. The first-order valence-electron chi connectivity index (χ1n) is 6.83. The molecule has 5 nitrogen and oxygen atoms in total. The van der Waals surface area contributed by atoms with Crippen molar-refractivity contribution in [2.75, 3.05) is 27.9 Å². The third-order valence-electron chi connectivity index (χ3n) is 3.24. The fourth-order valence-electron chi connectivity index (χ4n) is 1.94. The summed E-state index contributed by atoms with van der Waals surface area (Å²) in [6.45, 7) is 3.33. The van der Waals surface area contributed by atoms with Gasteiger partial charge in [-0.1, -0.05) is 6.92 Å². The lowest BCUT2D eigenvalue weighted by Gasteiger charge is -2.16. The van der Waals surface area contributed by atoms with Crippen LogP contribution in [0.25, 0.3) is 0 Å². The van der Waals surface area contributed by atoms with Crippen LogP contribution in [-0.4, -0.2) is 39.1 Å². The Balaban J connectivity index is 2.72. The van der Waals surface area contributed by atoms with Gasteiger partial charge in [0.2, 0.25) is 0 Å². The van der Waals surface area contributed by atoms with Gasteiger partial charge in [0.15, 0.2) is 0 Å². The largest absolute Gasteiger partial charge is 0.496 e. The van der Waals surface area contributed by atoms with Crippen LogP contribution >= 0.6 is 0 Å². The van der Waals surface area contributed by atoms with Gasteiger partial charge in [0.25, 0.3) is 0 Å². The fourth-order valence-corrected chi connectivity index (χ4v) is 1.94. The molecular formula is C15H25NO4. The Morgan fingerprint density at radius 2 is 1.70 bits per heavy atom. The van der Waals surface area contributed by atoms with Gasteiger partial charge >= 0.3 is 0 Å². The monoisotopic (exact) mass is 283 g/mol. The third kappa shape index (κ3) is 4.58. The summed E-state index contributed by atoms with van der Waals surface area (Å²) in [4.78, 5) is 0. The van der Waals surface area contributed by atoms with Crippen LogP contribution in [0.1, 0.15) is 25.3 Å². The predicted molar refractivity (Wildman–Crippen MR) is 78.7 cm³/mol. The lowest BCUT2D eigenvalue weighted by atomic mass is 10.1. The molecule has 2 N–H and O–H groups in total. The summed E-state index contributed by atoms with van der Waals surface area (Å²) in [7, 11) is 4.86. The average Bonchev–Trinajstić information content (AvgIpc) is 2.50. The number of hydrogen-bond acceptors (Lipinski definition) is 5. The second-order valence-corrected chi connectivity index (χ2v) is 4.54. The van der Waals surface area contributed by atoms with Crippen LogP contribution in [0.15, 0.2) is 12.1 Å². The number of benzene rings is 1. The van der Waals surface area contributed by atoms with Gasteiger partial charge < -0.3 is 24.6 Å². The molecular weight excluding hydrogens is 258 g/mol. The van der Waals surface area contributed by atoms with E-state index in [4.69, 9.17) is 14.2 Å². The minimum absolute atomic E-state index is 0.248. The maximum absolute atomic E-state index is 9.52. The fraction of sp³-hybridized carbons (Fsp3) is 0.600. The summed E-state index contributed by atoms with van der Waals surface area (Å²) < 4.78 is 16.0. The number of hydrogen-bond donors (Lipinski definition) is 2. The first-order valence-corrected chi connectivity index (χ1v) is 6.83. The van der Waals surface area contributed by atoms with E-state index in [0.717, 1.165) is 36.4 Å². The quantitative estimate of drug-likeness (QED) is 0.678. The number of nitrogens with one attached hydrogen (secondary N) is 1. The van der Waals surface area contributed by atoms with Gasteiger partial charge in [0, 0.05) is 18.7 Å². The van der Waals surface area contributed by atoms with Crippen molar-refractivity contribution in [1.82, 2.24) is 5.32 Å². The van der Waals surface area contributed by atoms with E-state index in [0.29, 0.717) is 12.3 Å². The second kappa shape index (κ2) is 8.66.